The number of hydrogen-bond donors (Lipinski definition) is 0. The van der Waals surface area contributed by atoms with Gasteiger partial charge in [0.1, 0.15) is 5.82 Å². The molecule has 98 valence electrons. The fraction of sp³-hybridized carbons (Fsp3) is 0.600. The maximum atomic E-state index is 13.0. The van der Waals surface area contributed by atoms with Crippen molar-refractivity contribution in [2.75, 3.05) is 19.7 Å². The molecule has 0 N–H and O–H groups in total. The first-order chi connectivity index (χ1) is 8.83. The van der Waals surface area contributed by atoms with E-state index >= 15 is 0 Å². The molecule has 2 atom stereocenters. The van der Waals surface area contributed by atoms with Gasteiger partial charge in [0.25, 0.3) is 0 Å². The standard InChI is InChI=1S/C15H20FNO/c16-13-7-5-12(6-8-13)15-4-1-9-17(15)11-14-3-2-10-18-14/h5-8,14-15H,1-4,9-11H2/t14-,15-/m1/s1. The lowest BCUT2D eigenvalue weighted by molar-refractivity contribution is 0.0689. The molecule has 2 heterocycles. The Morgan fingerprint density at radius 2 is 2.00 bits per heavy atom. The normalized spacial score (nSPS) is 28.9. The van der Waals surface area contributed by atoms with E-state index in [0.717, 1.165) is 19.7 Å². The summed E-state index contributed by atoms with van der Waals surface area (Å²) in [5.41, 5.74) is 1.24. The van der Waals surface area contributed by atoms with E-state index in [9.17, 15) is 4.39 Å². The Kier molecular flexibility index (Phi) is 3.62. The predicted molar refractivity (Wildman–Crippen MR) is 68.9 cm³/mol. The second kappa shape index (κ2) is 5.37. The molecule has 2 aliphatic heterocycles. The Hall–Kier alpha value is -0.930. The topological polar surface area (TPSA) is 12.5 Å². The first-order valence-corrected chi connectivity index (χ1v) is 6.94. The van der Waals surface area contributed by atoms with Gasteiger partial charge < -0.3 is 4.74 Å². The summed E-state index contributed by atoms with van der Waals surface area (Å²) in [7, 11) is 0. The highest BCUT2D eigenvalue weighted by atomic mass is 19.1. The molecule has 1 aromatic carbocycles. The molecule has 1 aromatic rings. The van der Waals surface area contributed by atoms with Gasteiger partial charge in [-0.05, 0) is 49.9 Å². The van der Waals surface area contributed by atoms with Crippen molar-refractivity contribution in [3.05, 3.63) is 35.6 Å². The van der Waals surface area contributed by atoms with Crippen LogP contribution in [-0.2, 0) is 4.74 Å². The summed E-state index contributed by atoms with van der Waals surface area (Å²) in [4.78, 5) is 2.50. The summed E-state index contributed by atoms with van der Waals surface area (Å²) in [5.74, 6) is -0.151. The van der Waals surface area contributed by atoms with Gasteiger partial charge in [0.05, 0.1) is 6.10 Å². The predicted octanol–water partition coefficient (Wildman–Crippen LogP) is 3.14. The van der Waals surface area contributed by atoms with E-state index in [4.69, 9.17) is 4.74 Å². The SMILES string of the molecule is Fc1ccc([C@H]2CCCN2C[C@H]2CCCO2)cc1. The van der Waals surface area contributed by atoms with E-state index < -0.39 is 0 Å². The molecule has 0 radical (unpaired) electrons. The molecule has 0 bridgehead atoms. The van der Waals surface area contributed by atoms with Gasteiger partial charge in [-0.25, -0.2) is 4.39 Å². The van der Waals surface area contributed by atoms with Crippen molar-refractivity contribution in [2.24, 2.45) is 0 Å². The number of hydrogen-bond acceptors (Lipinski definition) is 2. The van der Waals surface area contributed by atoms with Gasteiger partial charge in [-0.15, -0.1) is 0 Å². The molecule has 3 heteroatoms. The Morgan fingerprint density at radius 3 is 2.72 bits per heavy atom. The number of likely N-dealkylation sites (tertiary alicyclic amines) is 1. The fourth-order valence-electron chi connectivity index (χ4n) is 3.16. The van der Waals surface area contributed by atoms with Gasteiger partial charge in [-0.3, -0.25) is 4.90 Å². The largest absolute Gasteiger partial charge is 0.377 e. The zero-order chi connectivity index (χ0) is 12.4. The highest BCUT2D eigenvalue weighted by molar-refractivity contribution is 5.21. The minimum absolute atomic E-state index is 0.151. The Labute approximate surface area is 108 Å². The molecular weight excluding hydrogens is 229 g/mol. The molecule has 3 rings (SSSR count). The van der Waals surface area contributed by atoms with Gasteiger partial charge >= 0.3 is 0 Å². The van der Waals surface area contributed by atoms with Gasteiger partial charge in [-0.2, -0.15) is 0 Å². The zero-order valence-electron chi connectivity index (χ0n) is 10.6. The van der Waals surface area contributed by atoms with Crippen LogP contribution in [0.3, 0.4) is 0 Å². The van der Waals surface area contributed by atoms with Gasteiger partial charge in [0.15, 0.2) is 0 Å². The lowest BCUT2D eigenvalue weighted by atomic mass is 10.0. The number of nitrogens with zero attached hydrogens (tertiary/aromatic N) is 1. The lowest BCUT2D eigenvalue weighted by Gasteiger charge is -2.27. The maximum absolute atomic E-state index is 13.0. The summed E-state index contributed by atoms with van der Waals surface area (Å²) in [6.45, 7) is 3.09. The Balaban J connectivity index is 1.68. The zero-order valence-corrected chi connectivity index (χ0v) is 10.6. The third kappa shape index (κ3) is 2.57. The van der Waals surface area contributed by atoms with E-state index in [-0.39, 0.29) is 5.82 Å². The Morgan fingerprint density at radius 1 is 1.17 bits per heavy atom. The molecule has 2 nitrogen and oxygen atoms in total. The van der Waals surface area contributed by atoms with Crippen molar-refractivity contribution in [3.8, 4) is 0 Å². The van der Waals surface area contributed by atoms with Crippen molar-refractivity contribution >= 4 is 0 Å². The summed E-state index contributed by atoms with van der Waals surface area (Å²) in [5, 5.41) is 0. The third-order valence-corrected chi connectivity index (χ3v) is 4.08. The lowest BCUT2D eigenvalue weighted by Crippen LogP contribution is -2.31. The second-order valence-electron chi connectivity index (χ2n) is 5.34. The van der Waals surface area contributed by atoms with E-state index in [1.54, 1.807) is 12.1 Å². The summed E-state index contributed by atoms with van der Waals surface area (Å²) >= 11 is 0. The van der Waals surface area contributed by atoms with Crippen LogP contribution in [0, 0.1) is 5.82 Å². The second-order valence-corrected chi connectivity index (χ2v) is 5.34. The average molecular weight is 249 g/mol. The van der Waals surface area contributed by atoms with Crippen molar-refractivity contribution in [3.63, 3.8) is 0 Å². The molecule has 0 unspecified atom stereocenters. The smallest absolute Gasteiger partial charge is 0.123 e. The van der Waals surface area contributed by atoms with E-state index in [2.05, 4.69) is 4.90 Å². The molecule has 0 spiro atoms. The quantitative estimate of drug-likeness (QED) is 0.816. The van der Waals surface area contributed by atoms with Crippen LogP contribution >= 0.6 is 0 Å². The fourth-order valence-corrected chi connectivity index (χ4v) is 3.16. The van der Waals surface area contributed by atoms with Crippen LogP contribution in [0.5, 0.6) is 0 Å². The number of benzene rings is 1. The highest BCUT2D eigenvalue weighted by Crippen LogP contribution is 2.32. The van der Waals surface area contributed by atoms with Crippen molar-refractivity contribution in [1.82, 2.24) is 4.90 Å². The monoisotopic (exact) mass is 249 g/mol. The minimum atomic E-state index is -0.151. The number of ether oxygens (including phenoxy) is 1. The van der Waals surface area contributed by atoms with Crippen LogP contribution in [0.15, 0.2) is 24.3 Å². The van der Waals surface area contributed by atoms with Crippen LogP contribution in [0.4, 0.5) is 4.39 Å². The molecule has 2 fully saturated rings. The summed E-state index contributed by atoms with van der Waals surface area (Å²) < 4.78 is 18.7. The van der Waals surface area contributed by atoms with Crippen LogP contribution in [-0.4, -0.2) is 30.7 Å². The molecule has 0 aromatic heterocycles. The molecule has 18 heavy (non-hydrogen) atoms. The first-order valence-electron chi connectivity index (χ1n) is 6.94. The van der Waals surface area contributed by atoms with Crippen LogP contribution < -0.4 is 0 Å². The molecular formula is C15H20FNO. The van der Waals surface area contributed by atoms with Gasteiger partial charge in [0.2, 0.25) is 0 Å². The van der Waals surface area contributed by atoms with Crippen LogP contribution in [0.2, 0.25) is 0 Å². The van der Waals surface area contributed by atoms with E-state index in [0.29, 0.717) is 12.1 Å². The molecule has 0 amide bonds. The van der Waals surface area contributed by atoms with E-state index in [1.807, 2.05) is 12.1 Å². The first kappa shape index (κ1) is 12.1. The molecule has 0 aliphatic carbocycles. The number of rotatable bonds is 3. The third-order valence-electron chi connectivity index (χ3n) is 4.08. The van der Waals surface area contributed by atoms with Gasteiger partial charge in [-0.1, -0.05) is 12.1 Å². The number of halogens is 1. The van der Waals surface area contributed by atoms with Crippen molar-refractivity contribution in [1.29, 1.82) is 0 Å². The minimum Gasteiger partial charge on any atom is -0.377 e. The average Bonchev–Trinajstić information content (AvgIpc) is 3.02. The Bertz CT molecular complexity index is 386. The maximum Gasteiger partial charge on any atom is 0.123 e. The molecule has 2 saturated heterocycles. The van der Waals surface area contributed by atoms with Crippen molar-refractivity contribution in [2.45, 2.75) is 37.8 Å². The van der Waals surface area contributed by atoms with Gasteiger partial charge in [0, 0.05) is 19.2 Å². The van der Waals surface area contributed by atoms with E-state index in [1.165, 1.54) is 31.2 Å². The summed E-state index contributed by atoms with van der Waals surface area (Å²) in [6, 6.07) is 7.44. The van der Waals surface area contributed by atoms with Crippen LogP contribution in [0.1, 0.15) is 37.3 Å². The molecule has 2 aliphatic rings. The van der Waals surface area contributed by atoms with Crippen molar-refractivity contribution < 1.29 is 9.13 Å². The van der Waals surface area contributed by atoms with Crippen LogP contribution in [0.25, 0.3) is 0 Å². The summed E-state index contributed by atoms with van der Waals surface area (Å²) in [6.07, 6.45) is 5.20. The highest BCUT2D eigenvalue weighted by Gasteiger charge is 2.29. The molecule has 0 saturated carbocycles.